The summed E-state index contributed by atoms with van der Waals surface area (Å²) in [7, 11) is 2.71. The Morgan fingerprint density at radius 2 is 2.04 bits per heavy atom. The second-order valence-electron chi connectivity index (χ2n) is 5.68. The number of esters is 1. The van der Waals surface area contributed by atoms with E-state index in [1.54, 1.807) is 12.1 Å². The Bertz CT molecular complexity index is 725. The van der Waals surface area contributed by atoms with Crippen molar-refractivity contribution < 1.29 is 33.6 Å². The molecule has 0 unspecified atom stereocenters. The highest BCUT2D eigenvalue weighted by Crippen LogP contribution is 2.40. The highest BCUT2D eigenvalue weighted by Gasteiger charge is 2.40. The van der Waals surface area contributed by atoms with Gasteiger partial charge in [-0.2, -0.15) is 0 Å². The van der Waals surface area contributed by atoms with Gasteiger partial charge < -0.3 is 18.9 Å². The number of ether oxygens (including phenoxy) is 4. The summed E-state index contributed by atoms with van der Waals surface area (Å²) in [5.74, 6) is -0.0887. The van der Waals surface area contributed by atoms with E-state index in [-0.39, 0.29) is 11.4 Å². The topological polar surface area (TPSA) is 102 Å². The molecule has 3 rings (SSSR count). The maximum atomic E-state index is 12.2. The molecular weight excluding hydrogens is 332 g/mol. The Morgan fingerprint density at radius 3 is 2.64 bits per heavy atom. The lowest BCUT2D eigenvalue weighted by Crippen LogP contribution is -3.18. The van der Waals surface area contributed by atoms with Gasteiger partial charge in [-0.1, -0.05) is 0 Å². The van der Waals surface area contributed by atoms with Gasteiger partial charge in [-0.3, -0.25) is 15.0 Å². The van der Waals surface area contributed by atoms with Gasteiger partial charge >= 0.3 is 11.7 Å². The Labute approximate surface area is 143 Å². The molecule has 1 atom stereocenters. The van der Waals surface area contributed by atoms with Crippen molar-refractivity contribution in [2.75, 3.05) is 40.5 Å². The lowest BCUT2D eigenvalue weighted by molar-refractivity contribution is -0.944. The quantitative estimate of drug-likeness (QED) is 0.455. The first-order chi connectivity index (χ1) is 12.0. The molecule has 1 N–H and O–H groups in total. The summed E-state index contributed by atoms with van der Waals surface area (Å²) in [5.41, 5.74) is 0.525. The van der Waals surface area contributed by atoms with Crippen LogP contribution in [0.25, 0.3) is 6.08 Å². The van der Waals surface area contributed by atoms with Crippen LogP contribution in [0.15, 0.2) is 17.7 Å². The molecule has 9 heteroatoms. The van der Waals surface area contributed by atoms with Crippen LogP contribution < -0.4 is 14.4 Å². The van der Waals surface area contributed by atoms with Crippen LogP contribution in [0.3, 0.4) is 0 Å². The molecule has 25 heavy (non-hydrogen) atoms. The number of fused-ring (bicyclic) bond motifs is 1. The second kappa shape index (κ2) is 7.08. The fourth-order valence-corrected chi connectivity index (χ4v) is 3.01. The predicted molar refractivity (Wildman–Crippen MR) is 85.6 cm³/mol. The summed E-state index contributed by atoms with van der Waals surface area (Å²) in [6.45, 7) is 2.30. The van der Waals surface area contributed by atoms with Gasteiger partial charge in [-0.05, 0) is 12.1 Å². The van der Waals surface area contributed by atoms with Crippen molar-refractivity contribution in [3.63, 3.8) is 0 Å². The van der Waals surface area contributed by atoms with E-state index < -0.39 is 17.1 Å². The summed E-state index contributed by atoms with van der Waals surface area (Å²) >= 11 is 0. The van der Waals surface area contributed by atoms with Crippen molar-refractivity contribution in [3.8, 4) is 11.5 Å². The van der Waals surface area contributed by atoms with Crippen LogP contribution >= 0.6 is 0 Å². The van der Waals surface area contributed by atoms with Gasteiger partial charge in [-0.15, -0.1) is 0 Å². The maximum absolute atomic E-state index is 12.2. The minimum absolute atomic E-state index is 0.127. The Kier molecular flexibility index (Phi) is 4.86. The number of methoxy groups -OCH3 is 2. The monoisotopic (exact) mass is 351 g/mol. The van der Waals surface area contributed by atoms with E-state index in [1.807, 2.05) is 0 Å². The normalized spacial score (nSPS) is 20.1. The smallest absolute Gasteiger partial charge is 0.343 e. The number of nitro benzene ring substituents is 1. The fraction of sp³-hybridized carbons (Fsp3) is 0.438. The number of quaternary nitrogens is 1. The molecule has 134 valence electrons. The van der Waals surface area contributed by atoms with Gasteiger partial charge in [0.15, 0.2) is 0 Å². The van der Waals surface area contributed by atoms with Crippen LogP contribution in [-0.4, -0.2) is 57.6 Å². The first kappa shape index (κ1) is 17.2. The highest BCUT2D eigenvalue weighted by atomic mass is 16.6. The van der Waals surface area contributed by atoms with Crippen molar-refractivity contribution >= 4 is 17.7 Å². The number of benzene rings is 1. The molecule has 0 bridgehead atoms. The molecule has 0 aliphatic carbocycles. The third kappa shape index (κ3) is 3.28. The zero-order chi connectivity index (χ0) is 18.0. The zero-order valence-corrected chi connectivity index (χ0v) is 13.9. The third-order valence-electron chi connectivity index (χ3n) is 4.26. The van der Waals surface area contributed by atoms with Crippen LogP contribution in [0.1, 0.15) is 5.56 Å². The van der Waals surface area contributed by atoms with Gasteiger partial charge in [0.05, 0.1) is 38.4 Å². The summed E-state index contributed by atoms with van der Waals surface area (Å²) in [6, 6.07) is 2.90. The number of morpholine rings is 1. The van der Waals surface area contributed by atoms with E-state index in [2.05, 4.69) is 0 Å². The lowest BCUT2D eigenvalue weighted by atomic mass is 10.0. The molecule has 1 fully saturated rings. The fourth-order valence-electron chi connectivity index (χ4n) is 3.01. The van der Waals surface area contributed by atoms with Crippen molar-refractivity contribution in [1.82, 2.24) is 0 Å². The number of rotatable bonds is 4. The average molecular weight is 351 g/mol. The van der Waals surface area contributed by atoms with Crippen LogP contribution in [0.5, 0.6) is 11.5 Å². The molecule has 0 amide bonds. The molecule has 9 nitrogen and oxygen atoms in total. The third-order valence-corrected chi connectivity index (χ3v) is 4.26. The molecular formula is C16H19N2O7+. The van der Waals surface area contributed by atoms with E-state index in [0.717, 1.165) is 4.90 Å². The molecule has 0 saturated carbocycles. The Balaban J connectivity index is 2.09. The molecule has 1 aromatic rings. The van der Waals surface area contributed by atoms with E-state index in [9.17, 15) is 14.9 Å². The van der Waals surface area contributed by atoms with Gasteiger partial charge in [0.25, 0.3) is 6.23 Å². The summed E-state index contributed by atoms with van der Waals surface area (Å²) in [5, 5.41) is 11.4. The van der Waals surface area contributed by atoms with E-state index in [4.69, 9.17) is 18.9 Å². The first-order valence-electron chi connectivity index (χ1n) is 7.80. The van der Waals surface area contributed by atoms with Crippen molar-refractivity contribution in [2.24, 2.45) is 0 Å². The van der Waals surface area contributed by atoms with Crippen LogP contribution in [0.2, 0.25) is 0 Å². The number of carbonyl (C=O) groups is 1. The van der Waals surface area contributed by atoms with Gasteiger partial charge in [0.2, 0.25) is 5.75 Å². The summed E-state index contributed by atoms with van der Waals surface area (Å²) in [4.78, 5) is 24.1. The van der Waals surface area contributed by atoms with Crippen molar-refractivity contribution in [3.05, 3.63) is 33.4 Å². The van der Waals surface area contributed by atoms with Crippen molar-refractivity contribution in [2.45, 2.75) is 6.23 Å². The number of nitro groups is 1. The molecule has 2 aliphatic rings. The standard InChI is InChI=1S/C16H18N2O7/c1-22-11-7-10-8-12(16(19)23-2)15(17-3-5-24-6-4-17)25-14(10)13(9-11)18(20)21/h7-9,15H,3-6H2,1-2H3/p+1/t15-/m1/s1. The number of carbonyl (C=O) groups excluding carboxylic acids is 1. The highest BCUT2D eigenvalue weighted by molar-refractivity contribution is 5.96. The van der Waals surface area contributed by atoms with E-state index in [1.165, 1.54) is 20.3 Å². The average Bonchev–Trinajstić information content (AvgIpc) is 2.65. The molecule has 0 radical (unpaired) electrons. The van der Waals surface area contributed by atoms with Crippen LogP contribution in [-0.2, 0) is 14.3 Å². The van der Waals surface area contributed by atoms with Gasteiger partial charge in [-0.25, -0.2) is 4.79 Å². The minimum atomic E-state index is -0.684. The van der Waals surface area contributed by atoms with Gasteiger partial charge in [0.1, 0.15) is 24.4 Å². The Morgan fingerprint density at radius 1 is 1.32 bits per heavy atom. The van der Waals surface area contributed by atoms with E-state index in [0.29, 0.717) is 43.2 Å². The van der Waals surface area contributed by atoms with Crippen molar-refractivity contribution in [1.29, 1.82) is 0 Å². The molecule has 2 heterocycles. The second-order valence-corrected chi connectivity index (χ2v) is 5.68. The largest absolute Gasteiger partial charge is 0.496 e. The number of nitrogens with zero attached hydrogens (tertiary/aromatic N) is 1. The molecule has 0 aromatic heterocycles. The number of hydrogen-bond donors (Lipinski definition) is 1. The van der Waals surface area contributed by atoms with Gasteiger partial charge in [0, 0.05) is 5.56 Å². The van der Waals surface area contributed by atoms with Crippen LogP contribution in [0, 0.1) is 10.1 Å². The maximum Gasteiger partial charge on any atom is 0.343 e. The Hall–Kier alpha value is -2.65. The molecule has 1 aromatic carbocycles. The summed E-state index contributed by atoms with van der Waals surface area (Å²) < 4.78 is 21.2. The number of nitrogens with one attached hydrogen (secondary N) is 1. The SMILES string of the molecule is COC(=O)C1=Cc2cc(OC)cc([N+](=O)[O-])c2O[C@H]1[NH+]1CCOCC1. The molecule has 1 saturated heterocycles. The van der Waals surface area contributed by atoms with Crippen LogP contribution in [0.4, 0.5) is 5.69 Å². The first-order valence-corrected chi connectivity index (χ1v) is 7.80. The lowest BCUT2D eigenvalue weighted by Gasteiger charge is -2.33. The number of hydrogen-bond acceptors (Lipinski definition) is 7. The molecule has 0 spiro atoms. The molecule has 2 aliphatic heterocycles. The minimum Gasteiger partial charge on any atom is -0.496 e. The zero-order valence-electron chi connectivity index (χ0n) is 13.9. The predicted octanol–water partition coefficient (Wildman–Crippen LogP) is -0.207. The van der Waals surface area contributed by atoms with E-state index >= 15 is 0 Å². The summed E-state index contributed by atoms with van der Waals surface area (Å²) in [6.07, 6.45) is 0.892.